The summed E-state index contributed by atoms with van der Waals surface area (Å²) >= 11 is 0. The van der Waals surface area contributed by atoms with Gasteiger partial charge in [0.15, 0.2) is 0 Å². The number of hydrogen-bond donors (Lipinski definition) is 1. The Balaban J connectivity index is 2.11. The Labute approximate surface area is 175 Å². The van der Waals surface area contributed by atoms with Crippen molar-refractivity contribution in [2.24, 2.45) is 11.8 Å². The Morgan fingerprint density at radius 1 is 1.17 bits per heavy atom. The third-order valence-electron chi connectivity index (χ3n) is 5.59. The van der Waals surface area contributed by atoms with Crippen molar-refractivity contribution in [3.8, 4) is 0 Å². The Kier molecular flexibility index (Phi) is 8.41. The Hall–Kier alpha value is -1.72. The number of benzene rings is 1. The van der Waals surface area contributed by atoms with Gasteiger partial charge in [0.05, 0.1) is 12.0 Å². The number of methoxy groups -OCH3 is 1. The summed E-state index contributed by atoms with van der Waals surface area (Å²) in [7, 11) is 1.66. The molecule has 1 saturated heterocycles. The second-order valence-electron chi connectivity index (χ2n) is 9.33. The van der Waals surface area contributed by atoms with Crippen LogP contribution in [-0.4, -0.2) is 42.7 Å². The fourth-order valence-electron chi connectivity index (χ4n) is 4.07. The highest BCUT2D eigenvalue weighted by atomic mass is 16.6. The molecule has 0 spiro atoms. The van der Waals surface area contributed by atoms with Gasteiger partial charge in [-0.15, -0.1) is 0 Å². The second kappa shape index (κ2) is 10.4. The average Bonchev–Trinajstić information content (AvgIpc) is 3.07. The van der Waals surface area contributed by atoms with Gasteiger partial charge in [0, 0.05) is 31.5 Å². The molecule has 29 heavy (non-hydrogen) atoms. The standard InChI is InChI=1S/C24H37NO4/c1-16-12-13-20(25-16)22(28-6)17(2)21(26)15-19(23(27)29-24(3,4)5)14-18-10-8-7-9-11-18/h7-11,16-17,19-20,22,25H,12-15H2,1-6H3/t16-,17-,19+,20-,22+/m0/s1. The van der Waals surface area contributed by atoms with Gasteiger partial charge in [-0.1, -0.05) is 37.3 Å². The fourth-order valence-corrected chi connectivity index (χ4v) is 4.07. The maximum absolute atomic E-state index is 13.1. The van der Waals surface area contributed by atoms with Crippen molar-refractivity contribution in [2.45, 2.75) is 84.1 Å². The summed E-state index contributed by atoms with van der Waals surface area (Å²) in [4.78, 5) is 26.0. The lowest BCUT2D eigenvalue weighted by Gasteiger charge is -2.29. The van der Waals surface area contributed by atoms with Crippen molar-refractivity contribution >= 4 is 11.8 Å². The molecule has 0 unspecified atom stereocenters. The summed E-state index contributed by atoms with van der Waals surface area (Å²) in [6.45, 7) is 9.61. The summed E-state index contributed by atoms with van der Waals surface area (Å²) in [5.74, 6) is -1.06. The van der Waals surface area contributed by atoms with Crippen molar-refractivity contribution in [3.05, 3.63) is 35.9 Å². The highest BCUT2D eigenvalue weighted by Crippen LogP contribution is 2.26. The molecule has 1 N–H and O–H groups in total. The van der Waals surface area contributed by atoms with Crippen molar-refractivity contribution in [1.82, 2.24) is 5.32 Å². The number of ketones is 1. The van der Waals surface area contributed by atoms with E-state index in [-0.39, 0.29) is 36.2 Å². The zero-order valence-corrected chi connectivity index (χ0v) is 18.7. The van der Waals surface area contributed by atoms with E-state index in [9.17, 15) is 9.59 Å². The van der Waals surface area contributed by atoms with Gasteiger partial charge in [-0.05, 0) is 52.5 Å². The molecular weight excluding hydrogens is 366 g/mol. The van der Waals surface area contributed by atoms with Crippen molar-refractivity contribution in [1.29, 1.82) is 0 Å². The monoisotopic (exact) mass is 403 g/mol. The summed E-state index contributed by atoms with van der Waals surface area (Å²) in [5, 5.41) is 3.52. The van der Waals surface area contributed by atoms with Crippen LogP contribution >= 0.6 is 0 Å². The molecule has 0 saturated carbocycles. The molecule has 0 bridgehead atoms. The number of esters is 1. The van der Waals surface area contributed by atoms with Crippen LogP contribution in [0.15, 0.2) is 30.3 Å². The van der Waals surface area contributed by atoms with Crippen LogP contribution in [0.5, 0.6) is 0 Å². The first-order chi connectivity index (χ1) is 13.6. The van der Waals surface area contributed by atoms with Crippen LogP contribution in [0.4, 0.5) is 0 Å². The van der Waals surface area contributed by atoms with Crippen LogP contribution in [0.2, 0.25) is 0 Å². The van der Waals surface area contributed by atoms with Gasteiger partial charge < -0.3 is 14.8 Å². The smallest absolute Gasteiger partial charge is 0.310 e. The van der Waals surface area contributed by atoms with Crippen LogP contribution in [-0.2, 0) is 25.5 Å². The van der Waals surface area contributed by atoms with E-state index in [1.807, 2.05) is 58.0 Å². The number of nitrogens with one attached hydrogen (secondary N) is 1. The molecule has 5 heteroatoms. The van der Waals surface area contributed by atoms with Crippen LogP contribution in [0, 0.1) is 11.8 Å². The van der Waals surface area contributed by atoms with E-state index in [2.05, 4.69) is 12.2 Å². The second-order valence-corrected chi connectivity index (χ2v) is 9.33. The molecule has 1 aliphatic heterocycles. The van der Waals surface area contributed by atoms with Gasteiger partial charge >= 0.3 is 5.97 Å². The number of Topliss-reactive ketones (excluding diaryl/α,β-unsaturated/α-hetero) is 1. The molecule has 0 amide bonds. The van der Waals surface area contributed by atoms with E-state index < -0.39 is 11.5 Å². The molecule has 1 aliphatic rings. The molecule has 0 aliphatic carbocycles. The molecule has 1 aromatic carbocycles. The molecule has 1 heterocycles. The Bertz CT molecular complexity index is 667. The lowest BCUT2D eigenvalue weighted by Crippen LogP contribution is -2.45. The van der Waals surface area contributed by atoms with Gasteiger partial charge in [0.2, 0.25) is 0 Å². The Morgan fingerprint density at radius 2 is 1.83 bits per heavy atom. The molecule has 2 rings (SSSR count). The number of rotatable bonds is 9. The van der Waals surface area contributed by atoms with Gasteiger partial charge in [-0.3, -0.25) is 9.59 Å². The molecular formula is C24H37NO4. The molecule has 0 radical (unpaired) electrons. The third kappa shape index (κ3) is 7.23. The van der Waals surface area contributed by atoms with Gasteiger partial charge in [0.25, 0.3) is 0 Å². The third-order valence-corrected chi connectivity index (χ3v) is 5.59. The summed E-state index contributed by atoms with van der Waals surface area (Å²) in [6.07, 6.45) is 2.54. The van der Waals surface area contributed by atoms with Crippen LogP contribution < -0.4 is 5.32 Å². The van der Waals surface area contributed by atoms with E-state index in [1.165, 1.54) is 0 Å². The minimum atomic E-state index is -0.584. The van der Waals surface area contributed by atoms with Gasteiger partial charge in [-0.25, -0.2) is 0 Å². The zero-order valence-electron chi connectivity index (χ0n) is 18.7. The average molecular weight is 404 g/mol. The number of hydrogen-bond acceptors (Lipinski definition) is 5. The maximum Gasteiger partial charge on any atom is 0.310 e. The first-order valence-electron chi connectivity index (χ1n) is 10.7. The molecule has 5 atom stereocenters. The highest BCUT2D eigenvalue weighted by Gasteiger charge is 2.37. The van der Waals surface area contributed by atoms with Crippen LogP contribution in [0.3, 0.4) is 0 Å². The molecule has 0 aromatic heterocycles. The minimum Gasteiger partial charge on any atom is -0.460 e. The number of carbonyl (C=O) groups excluding carboxylic acids is 2. The molecule has 162 valence electrons. The van der Waals surface area contributed by atoms with Crippen molar-refractivity contribution in [2.75, 3.05) is 7.11 Å². The van der Waals surface area contributed by atoms with E-state index in [4.69, 9.17) is 9.47 Å². The summed E-state index contributed by atoms with van der Waals surface area (Å²) in [6, 6.07) is 10.4. The van der Waals surface area contributed by atoms with Crippen molar-refractivity contribution in [3.63, 3.8) is 0 Å². The van der Waals surface area contributed by atoms with E-state index in [0.717, 1.165) is 18.4 Å². The molecule has 5 nitrogen and oxygen atoms in total. The summed E-state index contributed by atoms with van der Waals surface area (Å²) < 4.78 is 11.3. The summed E-state index contributed by atoms with van der Waals surface area (Å²) in [5.41, 5.74) is 0.443. The lowest BCUT2D eigenvalue weighted by molar-refractivity contribution is -0.161. The first-order valence-corrected chi connectivity index (χ1v) is 10.7. The normalized spacial score (nSPS) is 22.7. The van der Waals surface area contributed by atoms with Crippen molar-refractivity contribution < 1.29 is 19.1 Å². The van der Waals surface area contributed by atoms with Crippen LogP contribution in [0.25, 0.3) is 0 Å². The maximum atomic E-state index is 13.1. The topological polar surface area (TPSA) is 64.6 Å². The number of ether oxygens (including phenoxy) is 2. The lowest BCUT2D eigenvalue weighted by atomic mass is 9.86. The fraction of sp³-hybridized carbons (Fsp3) is 0.667. The van der Waals surface area contributed by atoms with Crippen LogP contribution in [0.1, 0.15) is 59.4 Å². The molecule has 1 fully saturated rings. The highest BCUT2D eigenvalue weighted by molar-refractivity contribution is 5.86. The van der Waals surface area contributed by atoms with Gasteiger partial charge in [0.1, 0.15) is 11.4 Å². The minimum absolute atomic E-state index is 0.0463. The predicted octanol–water partition coefficient (Wildman–Crippen LogP) is 3.94. The van der Waals surface area contributed by atoms with E-state index in [0.29, 0.717) is 12.5 Å². The first kappa shape index (κ1) is 23.6. The van der Waals surface area contributed by atoms with E-state index >= 15 is 0 Å². The molecule has 1 aromatic rings. The zero-order chi connectivity index (χ0) is 21.6. The quantitative estimate of drug-likeness (QED) is 0.633. The Morgan fingerprint density at radius 3 is 2.34 bits per heavy atom. The number of carbonyl (C=O) groups is 2. The largest absolute Gasteiger partial charge is 0.460 e. The predicted molar refractivity (Wildman–Crippen MR) is 115 cm³/mol. The van der Waals surface area contributed by atoms with Gasteiger partial charge in [-0.2, -0.15) is 0 Å². The SMILES string of the molecule is CO[C@@H]([C@@H]1CC[C@H](C)N1)[C@@H](C)C(=O)C[C@@H](Cc1ccccc1)C(=O)OC(C)(C)C. The van der Waals surface area contributed by atoms with E-state index in [1.54, 1.807) is 7.11 Å².